The molecular formula is C16H25N3O3S. The number of carbonyl (C=O) groups excluding carboxylic acids is 1. The number of benzene rings is 1. The lowest BCUT2D eigenvalue weighted by Crippen LogP contribution is -2.51. The first-order chi connectivity index (χ1) is 10.8. The van der Waals surface area contributed by atoms with E-state index in [1.54, 1.807) is 4.90 Å². The molecule has 2 N–H and O–H groups in total. The first-order valence-corrected chi connectivity index (χ1v) is 9.74. The molecule has 0 aliphatic carbocycles. The molecule has 23 heavy (non-hydrogen) atoms. The van der Waals surface area contributed by atoms with E-state index in [0.29, 0.717) is 19.4 Å². The number of urea groups is 1. The van der Waals surface area contributed by atoms with Crippen molar-refractivity contribution in [3.05, 3.63) is 35.9 Å². The Labute approximate surface area is 138 Å². The van der Waals surface area contributed by atoms with Crippen LogP contribution in [0.4, 0.5) is 4.79 Å². The van der Waals surface area contributed by atoms with E-state index in [9.17, 15) is 13.2 Å². The summed E-state index contributed by atoms with van der Waals surface area (Å²) in [4.78, 5) is 14.2. The highest BCUT2D eigenvalue weighted by Crippen LogP contribution is 2.23. The molecule has 1 saturated heterocycles. The van der Waals surface area contributed by atoms with Gasteiger partial charge in [-0.15, -0.1) is 0 Å². The van der Waals surface area contributed by atoms with Gasteiger partial charge in [0, 0.05) is 18.6 Å². The maximum absolute atomic E-state index is 12.4. The zero-order valence-electron chi connectivity index (χ0n) is 13.8. The van der Waals surface area contributed by atoms with Crippen LogP contribution in [0.15, 0.2) is 30.3 Å². The third kappa shape index (κ3) is 5.21. The SMILES string of the molecule is CC(C)NC(=O)N1CC[C@@H](NS(C)(=O)=O)[C@@H]1Cc1ccccc1. The Kier molecular flexibility index (Phi) is 5.64. The first kappa shape index (κ1) is 17.7. The molecule has 0 saturated carbocycles. The van der Waals surface area contributed by atoms with Crippen LogP contribution in [0.25, 0.3) is 0 Å². The van der Waals surface area contributed by atoms with E-state index < -0.39 is 10.0 Å². The monoisotopic (exact) mass is 339 g/mol. The summed E-state index contributed by atoms with van der Waals surface area (Å²) in [5.41, 5.74) is 1.09. The molecule has 1 fully saturated rings. The van der Waals surface area contributed by atoms with Gasteiger partial charge in [-0.05, 0) is 32.3 Å². The minimum Gasteiger partial charge on any atom is -0.336 e. The highest BCUT2D eigenvalue weighted by Gasteiger charge is 2.38. The van der Waals surface area contributed by atoms with Crippen molar-refractivity contribution < 1.29 is 13.2 Å². The Bertz CT molecular complexity index is 631. The van der Waals surface area contributed by atoms with Gasteiger partial charge in [0.2, 0.25) is 10.0 Å². The van der Waals surface area contributed by atoms with Crippen molar-refractivity contribution in [2.75, 3.05) is 12.8 Å². The van der Waals surface area contributed by atoms with E-state index in [0.717, 1.165) is 11.8 Å². The third-order valence-electron chi connectivity index (χ3n) is 3.87. The van der Waals surface area contributed by atoms with Crippen LogP contribution < -0.4 is 10.0 Å². The van der Waals surface area contributed by atoms with E-state index in [-0.39, 0.29) is 24.2 Å². The molecule has 6 nitrogen and oxygen atoms in total. The Morgan fingerprint density at radius 1 is 1.30 bits per heavy atom. The Morgan fingerprint density at radius 2 is 1.96 bits per heavy atom. The van der Waals surface area contributed by atoms with Crippen LogP contribution in [-0.4, -0.2) is 50.3 Å². The molecule has 2 atom stereocenters. The zero-order valence-corrected chi connectivity index (χ0v) is 14.6. The van der Waals surface area contributed by atoms with Crippen LogP contribution >= 0.6 is 0 Å². The molecule has 0 spiro atoms. The number of nitrogens with zero attached hydrogens (tertiary/aromatic N) is 1. The van der Waals surface area contributed by atoms with Crippen molar-refractivity contribution in [3.8, 4) is 0 Å². The molecule has 1 aromatic rings. The minimum absolute atomic E-state index is 0.0433. The minimum atomic E-state index is -3.31. The number of rotatable bonds is 5. The van der Waals surface area contributed by atoms with Gasteiger partial charge in [0.25, 0.3) is 0 Å². The largest absolute Gasteiger partial charge is 0.336 e. The van der Waals surface area contributed by atoms with E-state index in [1.165, 1.54) is 0 Å². The molecular weight excluding hydrogens is 314 g/mol. The van der Waals surface area contributed by atoms with Gasteiger partial charge in [0.1, 0.15) is 0 Å². The summed E-state index contributed by atoms with van der Waals surface area (Å²) >= 11 is 0. The van der Waals surface area contributed by atoms with Crippen LogP contribution in [0.2, 0.25) is 0 Å². The average molecular weight is 339 g/mol. The zero-order chi connectivity index (χ0) is 17.0. The maximum atomic E-state index is 12.4. The number of nitrogens with one attached hydrogen (secondary N) is 2. The van der Waals surface area contributed by atoms with Crippen LogP contribution in [-0.2, 0) is 16.4 Å². The summed E-state index contributed by atoms with van der Waals surface area (Å²) in [6.45, 7) is 4.36. The summed E-state index contributed by atoms with van der Waals surface area (Å²) < 4.78 is 25.9. The van der Waals surface area contributed by atoms with Crippen LogP contribution in [0, 0.1) is 0 Å². The van der Waals surface area contributed by atoms with Gasteiger partial charge in [0.15, 0.2) is 0 Å². The van der Waals surface area contributed by atoms with Crippen molar-refractivity contribution >= 4 is 16.1 Å². The van der Waals surface area contributed by atoms with Crippen LogP contribution in [0.5, 0.6) is 0 Å². The summed E-state index contributed by atoms with van der Waals surface area (Å²) in [5.74, 6) is 0. The van der Waals surface area contributed by atoms with Crippen molar-refractivity contribution in [2.24, 2.45) is 0 Å². The molecule has 1 heterocycles. The topological polar surface area (TPSA) is 78.5 Å². The second kappa shape index (κ2) is 7.31. The van der Waals surface area contributed by atoms with Gasteiger partial charge in [-0.25, -0.2) is 17.9 Å². The third-order valence-corrected chi connectivity index (χ3v) is 4.60. The molecule has 7 heteroatoms. The van der Waals surface area contributed by atoms with Crippen LogP contribution in [0.1, 0.15) is 25.8 Å². The molecule has 0 aromatic heterocycles. The predicted octanol–water partition coefficient (Wildman–Crippen LogP) is 1.34. The second-order valence-electron chi connectivity index (χ2n) is 6.34. The molecule has 2 rings (SSSR count). The first-order valence-electron chi connectivity index (χ1n) is 7.84. The van der Waals surface area contributed by atoms with Gasteiger partial charge in [0.05, 0.1) is 12.3 Å². The van der Waals surface area contributed by atoms with Crippen molar-refractivity contribution in [2.45, 2.75) is 44.8 Å². The van der Waals surface area contributed by atoms with Crippen LogP contribution in [0.3, 0.4) is 0 Å². The smallest absolute Gasteiger partial charge is 0.317 e. The summed E-state index contributed by atoms with van der Waals surface area (Å²) in [6, 6.07) is 9.27. The van der Waals surface area contributed by atoms with E-state index in [1.807, 2.05) is 44.2 Å². The van der Waals surface area contributed by atoms with Gasteiger partial charge in [-0.1, -0.05) is 30.3 Å². The highest BCUT2D eigenvalue weighted by atomic mass is 32.2. The Morgan fingerprint density at radius 3 is 2.52 bits per heavy atom. The lowest BCUT2D eigenvalue weighted by Gasteiger charge is -2.29. The Balaban J connectivity index is 2.19. The number of sulfonamides is 1. The van der Waals surface area contributed by atoms with E-state index in [4.69, 9.17) is 0 Å². The van der Waals surface area contributed by atoms with Gasteiger partial charge in [-0.2, -0.15) is 0 Å². The number of hydrogen-bond donors (Lipinski definition) is 2. The fraction of sp³-hybridized carbons (Fsp3) is 0.562. The summed E-state index contributed by atoms with van der Waals surface area (Å²) in [5, 5.41) is 2.89. The van der Waals surface area contributed by atoms with E-state index in [2.05, 4.69) is 10.0 Å². The van der Waals surface area contributed by atoms with E-state index >= 15 is 0 Å². The summed E-state index contributed by atoms with van der Waals surface area (Å²) in [6.07, 6.45) is 2.40. The normalized spacial score (nSPS) is 21.7. The number of hydrogen-bond acceptors (Lipinski definition) is 3. The number of amides is 2. The fourth-order valence-electron chi connectivity index (χ4n) is 2.96. The predicted molar refractivity (Wildman–Crippen MR) is 90.7 cm³/mol. The standard InChI is InChI=1S/C16H25N3O3S/c1-12(2)17-16(20)19-10-9-14(18-23(3,21)22)15(19)11-13-7-5-4-6-8-13/h4-8,12,14-15,18H,9-11H2,1-3H3,(H,17,20)/t14-,15+/m1/s1. The second-order valence-corrected chi connectivity index (χ2v) is 8.12. The molecule has 2 amide bonds. The molecule has 0 bridgehead atoms. The van der Waals surface area contributed by atoms with Gasteiger partial charge in [-0.3, -0.25) is 0 Å². The lowest BCUT2D eigenvalue weighted by atomic mass is 10.0. The van der Waals surface area contributed by atoms with Gasteiger partial charge >= 0.3 is 6.03 Å². The number of likely N-dealkylation sites (tertiary alicyclic amines) is 1. The molecule has 0 unspecified atom stereocenters. The van der Waals surface area contributed by atoms with Crippen molar-refractivity contribution in [1.29, 1.82) is 0 Å². The fourth-order valence-corrected chi connectivity index (χ4v) is 3.78. The number of carbonyl (C=O) groups is 1. The molecule has 128 valence electrons. The molecule has 0 radical (unpaired) electrons. The van der Waals surface area contributed by atoms with Gasteiger partial charge < -0.3 is 10.2 Å². The lowest BCUT2D eigenvalue weighted by molar-refractivity contribution is 0.186. The molecule has 1 aliphatic heterocycles. The van der Waals surface area contributed by atoms with Crippen molar-refractivity contribution in [3.63, 3.8) is 0 Å². The van der Waals surface area contributed by atoms with Crippen molar-refractivity contribution in [1.82, 2.24) is 14.9 Å². The average Bonchev–Trinajstić information content (AvgIpc) is 2.80. The quantitative estimate of drug-likeness (QED) is 0.850. The molecule has 1 aliphatic rings. The molecule has 1 aromatic carbocycles. The highest BCUT2D eigenvalue weighted by molar-refractivity contribution is 7.88. The maximum Gasteiger partial charge on any atom is 0.317 e. The Hall–Kier alpha value is -1.60. The summed E-state index contributed by atoms with van der Waals surface area (Å²) in [7, 11) is -3.31.